The van der Waals surface area contributed by atoms with Gasteiger partial charge in [0.2, 0.25) is 6.79 Å². The summed E-state index contributed by atoms with van der Waals surface area (Å²) in [5.74, 6) is 0.804. The van der Waals surface area contributed by atoms with Gasteiger partial charge in [0.1, 0.15) is 11.6 Å². The Morgan fingerprint density at radius 2 is 2.08 bits per heavy atom. The molecule has 0 saturated carbocycles. The molecule has 7 nitrogen and oxygen atoms in total. The third-order valence-corrected chi connectivity index (χ3v) is 3.97. The largest absolute Gasteiger partial charge is 0.454 e. The van der Waals surface area contributed by atoms with Crippen LogP contribution >= 0.6 is 11.6 Å². The van der Waals surface area contributed by atoms with Crippen molar-refractivity contribution in [3.05, 3.63) is 58.8 Å². The fourth-order valence-corrected chi connectivity index (χ4v) is 2.43. The van der Waals surface area contributed by atoms with Crippen LogP contribution in [-0.4, -0.2) is 12.7 Å². The number of nitrogens with zero attached hydrogens (tertiary/aromatic N) is 1. The van der Waals surface area contributed by atoms with E-state index < -0.39 is 5.91 Å². The van der Waals surface area contributed by atoms with Crippen LogP contribution in [0, 0.1) is 11.3 Å². The molecule has 0 unspecified atom stereocenters. The van der Waals surface area contributed by atoms with Crippen LogP contribution in [0.15, 0.2) is 48.2 Å². The second-order valence-corrected chi connectivity index (χ2v) is 5.83. The first-order chi connectivity index (χ1) is 12.6. The van der Waals surface area contributed by atoms with Crippen LogP contribution in [0.5, 0.6) is 11.5 Å². The summed E-state index contributed by atoms with van der Waals surface area (Å²) in [7, 11) is 0. The van der Waals surface area contributed by atoms with Crippen molar-refractivity contribution in [1.29, 1.82) is 5.26 Å². The van der Waals surface area contributed by atoms with Crippen molar-refractivity contribution in [3.63, 3.8) is 0 Å². The fourth-order valence-electron chi connectivity index (χ4n) is 2.25. The molecule has 3 rings (SSSR count). The van der Waals surface area contributed by atoms with E-state index in [-0.39, 0.29) is 18.9 Å². The van der Waals surface area contributed by atoms with E-state index in [0.717, 1.165) is 5.56 Å². The molecule has 1 aliphatic heterocycles. The number of fused-ring (bicyclic) bond motifs is 1. The van der Waals surface area contributed by atoms with Crippen LogP contribution in [0.2, 0.25) is 5.02 Å². The van der Waals surface area contributed by atoms with Gasteiger partial charge in [0.25, 0.3) is 5.91 Å². The van der Waals surface area contributed by atoms with Gasteiger partial charge in [0.15, 0.2) is 11.5 Å². The lowest BCUT2D eigenvalue weighted by molar-refractivity contribution is -0.117. The maximum absolute atomic E-state index is 12.2. The molecular weight excluding hydrogens is 356 g/mol. The van der Waals surface area contributed by atoms with Gasteiger partial charge in [0, 0.05) is 18.4 Å². The minimum absolute atomic E-state index is 0.0707. The highest BCUT2D eigenvalue weighted by molar-refractivity contribution is 6.33. The molecule has 0 radical (unpaired) electrons. The molecular formula is C18H15ClN4O3. The monoisotopic (exact) mass is 370 g/mol. The normalized spacial score (nSPS) is 12.4. The van der Waals surface area contributed by atoms with Crippen molar-refractivity contribution in [2.24, 2.45) is 0 Å². The van der Waals surface area contributed by atoms with Crippen molar-refractivity contribution < 1.29 is 14.3 Å². The first-order valence-corrected chi connectivity index (χ1v) is 8.03. The van der Waals surface area contributed by atoms with Gasteiger partial charge in [0.05, 0.1) is 10.7 Å². The van der Waals surface area contributed by atoms with Crippen LogP contribution in [0.1, 0.15) is 5.56 Å². The number of hydrogen-bond donors (Lipinski definition) is 3. The van der Waals surface area contributed by atoms with Crippen LogP contribution in [0.25, 0.3) is 0 Å². The molecule has 4 N–H and O–H groups in total. The summed E-state index contributed by atoms with van der Waals surface area (Å²) in [6.45, 7) is 0.440. The summed E-state index contributed by atoms with van der Waals surface area (Å²) in [5, 5.41) is 15.1. The molecule has 0 atom stereocenters. The summed E-state index contributed by atoms with van der Waals surface area (Å²) < 4.78 is 10.5. The molecule has 0 aliphatic carbocycles. The Bertz CT molecular complexity index is 921. The molecule has 8 heteroatoms. The Kier molecular flexibility index (Phi) is 5.15. The molecule has 2 aromatic rings. The van der Waals surface area contributed by atoms with E-state index in [9.17, 15) is 10.1 Å². The highest BCUT2D eigenvalue weighted by Crippen LogP contribution is 2.32. The lowest BCUT2D eigenvalue weighted by Crippen LogP contribution is -2.24. The number of anilines is 2. The fraction of sp³-hybridized carbons (Fsp3) is 0.111. The van der Waals surface area contributed by atoms with Crippen molar-refractivity contribution >= 4 is 28.9 Å². The SMILES string of the molecule is N#C/C(=C/Nc1ccc(N)c(Cl)c1)C(=O)NCc1ccc2c(c1)OCO2. The minimum Gasteiger partial charge on any atom is -0.454 e. The van der Waals surface area contributed by atoms with Gasteiger partial charge in [-0.3, -0.25) is 4.79 Å². The number of ether oxygens (including phenoxy) is 2. The average molecular weight is 371 g/mol. The molecule has 0 spiro atoms. The second-order valence-electron chi connectivity index (χ2n) is 5.42. The minimum atomic E-state index is -0.501. The number of nitrogen functional groups attached to an aromatic ring is 1. The van der Waals surface area contributed by atoms with Crippen molar-refractivity contribution in [2.75, 3.05) is 17.8 Å². The zero-order chi connectivity index (χ0) is 18.5. The van der Waals surface area contributed by atoms with Crippen LogP contribution in [0.4, 0.5) is 11.4 Å². The summed E-state index contributed by atoms with van der Waals surface area (Å²) in [4.78, 5) is 12.2. The van der Waals surface area contributed by atoms with E-state index in [0.29, 0.717) is 27.9 Å². The molecule has 1 aliphatic rings. The maximum Gasteiger partial charge on any atom is 0.263 e. The smallest absolute Gasteiger partial charge is 0.263 e. The number of nitriles is 1. The van der Waals surface area contributed by atoms with Crippen LogP contribution < -0.4 is 25.8 Å². The summed E-state index contributed by atoms with van der Waals surface area (Å²) in [5.41, 5.74) is 7.46. The topological polar surface area (TPSA) is 109 Å². The average Bonchev–Trinajstić information content (AvgIpc) is 3.11. The second kappa shape index (κ2) is 7.68. The van der Waals surface area contributed by atoms with E-state index in [2.05, 4.69) is 10.6 Å². The third-order valence-electron chi connectivity index (χ3n) is 3.64. The van der Waals surface area contributed by atoms with Gasteiger partial charge >= 0.3 is 0 Å². The van der Waals surface area contributed by atoms with E-state index in [1.165, 1.54) is 6.20 Å². The molecule has 0 saturated heterocycles. The first-order valence-electron chi connectivity index (χ1n) is 7.65. The zero-order valence-electron chi connectivity index (χ0n) is 13.6. The van der Waals surface area contributed by atoms with Crippen molar-refractivity contribution in [3.8, 4) is 17.6 Å². The standard InChI is InChI=1S/C18H15ClN4O3/c19-14-6-13(2-3-15(14)21)22-9-12(7-20)18(24)23-8-11-1-4-16-17(5-11)26-10-25-16/h1-6,9,22H,8,10,21H2,(H,23,24)/b12-9-. The highest BCUT2D eigenvalue weighted by atomic mass is 35.5. The highest BCUT2D eigenvalue weighted by Gasteiger charge is 2.14. The number of nitrogens with two attached hydrogens (primary N) is 1. The molecule has 2 aromatic carbocycles. The predicted octanol–water partition coefficient (Wildman–Crippen LogP) is 2.79. The number of carbonyl (C=O) groups excluding carboxylic acids is 1. The zero-order valence-corrected chi connectivity index (χ0v) is 14.3. The number of rotatable bonds is 5. The Morgan fingerprint density at radius 3 is 2.85 bits per heavy atom. The summed E-state index contributed by atoms with van der Waals surface area (Å²) in [6, 6.07) is 12.2. The van der Waals surface area contributed by atoms with Gasteiger partial charge in [-0.1, -0.05) is 17.7 Å². The maximum atomic E-state index is 12.2. The van der Waals surface area contributed by atoms with Crippen molar-refractivity contribution in [1.82, 2.24) is 5.32 Å². The van der Waals surface area contributed by atoms with Crippen molar-refractivity contribution in [2.45, 2.75) is 6.54 Å². The molecule has 0 bridgehead atoms. The molecule has 1 amide bonds. The quantitative estimate of drug-likeness (QED) is 0.424. The Hall–Kier alpha value is -3.37. The predicted molar refractivity (Wildman–Crippen MR) is 97.6 cm³/mol. The molecule has 26 heavy (non-hydrogen) atoms. The Morgan fingerprint density at radius 1 is 1.27 bits per heavy atom. The number of carbonyl (C=O) groups is 1. The van der Waals surface area contributed by atoms with E-state index in [1.54, 1.807) is 30.3 Å². The van der Waals surface area contributed by atoms with E-state index in [1.807, 2.05) is 12.1 Å². The van der Waals surface area contributed by atoms with Crippen LogP contribution in [0.3, 0.4) is 0 Å². The molecule has 0 fully saturated rings. The molecule has 1 heterocycles. The number of amides is 1. The third kappa shape index (κ3) is 3.99. The first kappa shape index (κ1) is 17.5. The van der Waals surface area contributed by atoms with Crippen LogP contribution in [-0.2, 0) is 11.3 Å². The Labute approximate surface area is 155 Å². The number of halogens is 1. The lowest BCUT2D eigenvalue weighted by atomic mass is 10.2. The van der Waals surface area contributed by atoms with Gasteiger partial charge in [-0.25, -0.2) is 0 Å². The van der Waals surface area contributed by atoms with E-state index in [4.69, 9.17) is 26.8 Å². The Balaban J connectivity index is 1.61. The lowest BCUT2D eigenvalue weighted by Gasteiger charge is -2.07. The molecule has 0 aromatic heterocycles. The van der Waals surface area contributed by atoms with E-state index >= 15 is 0 Å². The number of hydrogen-bond acceptors (Lipinski definition) is 6. The van der Waals surface area contributed by atoms with Gasteiger partial charge in [-0.15, -0.1) is 0 Å². The number of benzene rings is 2. The summed E-state index contributed by atoms with van der Waals surface area (Å²) in [6.07, 6.45) is 1.32. The molecule has 132 valence electrons. The van der Waals surface area contributed by atoms with Gasteiger partial charge < -0.3 is 25.8 Å². The van der Waals surface area contributed by atoms with Gasteiger partial charge in [-0.2, -0.15) is 5.26 Å². The summed E-state index contributed by atoms with van der Waals surface area (Å²) >= 11 is 5.93. The van der Waals surface area contributed by atoms with Gasteiger partial charge in [-0.05, 0) is 35.9 Å². The number of nitrogens with one attached hydrogen (secondary N) is 2.